The Morgan fingerprint density at radius 1 is 1.44 bits per heavy atom. The number of nitrogens with zero attached hydrogens (tertiary/aromatic N) is 1. The highest BCUT2D eigenvalue weighted by atomic mass is 79.9. The number of halogens is 2. The Balaban J connectivity index is 1.90. The van der Waals surface area contributed by atoms with Gasteiger partial charge in [0.05, 0.1) is 18.7 Å². The zero-order chi connectivity index (χ0) is 18.2. The van der Waals surface area contributed by atoms with Crippen molar-refractivity contribution in [1.82, 2.24) is 9.71 Å². The molecule has 6 nitrogen and oxygen atoms in total. The minimum Gasteiger partial charge on any atom is -0.465 e. The summed E-state index contributed by atoms with van der Waals surface area (Å²) in [7, 11) is -2.62. The normalized spacial score (nSPS) is 15.8. The Bertz CT molecular complexity index is 912. The largest absolute Gasteiger partial charge is 0.465 e. The molecule has 0 spiro atoms. The number of ether oxygens (including phenoxy) is 1. The van der Waals surface area contributed by atoms with Crippen molar-refractivity contribution in [3.63, 3.8) is 0 Å². The molecule has 0 saturated heterocycles. The Hall–Kier alpha value is -1.00. The highest BCUT2D eigenvalue weighted by molar-refractivity contribution is 9.10. The fourth-order valence-electron chi connectivity index (χ4n) is 2.42. The van der Waals surface area contributed by atoms with Gasteiger partial charge in [-0.15, -0.1) is 11.3 Å². The van der Waals surface area contributed by atoms with Crippen LogP contribution in [0.2, 0.25) is 4.34 Å². The van der Waals surface area contributed by atoms with Crippen molar-refractivity contribution in [2.24, 2.45) is 5.92 Å². The lowest BCUT2D eigenvalue weighted by molar-refractivity contribution is 0.0601. The summed E-state index contributed by atoms with van der Waals surface area (Å²) in [6.45, 7) is 0. The summed E-state index contributed by atoms with van der Waals surface area (Å²) in [5.41, 5.74) is 0.831. The number of rotatable bonds is 6. The number of pyridine rings is 1. The van der Waals surface area contributed by atoms with Crippen molar-refractivity contribution in [2.75, 3.05) is 7.11 Å². The molecular formula is C15H14BrClN2O4S2. The third kappa shape index (κ3) is 4.22. The van der Waals surface area contributed by atoms with E-state index in [9.17, 15) is 13.2 Å². The molecule has 1 atom stereocenters. The van der Waals surface area contributed by atoms with Crippen molar-refractivity contribution in [1.29, 1.82) is 0 Å². The fourth-order valence-corrected chi connectivity index (χ4v) is 5.81. The van der Waals surface area contributed by atoms with E-state index >= 15 is 0 Å². The lowest BCUT2D eigenvalue weighted by Gasteiger charge is -2.18. The van der Waals surface area contributed by atoms with Gasteiger partial charge in [-0.05, 0) is 52.4 Å². The van der Waals surface area contributed by atoms with Gasteiger partial charge >= 0.3 is 5.97 Å². The number of esters is 1. The van der Waals surface area contributed by atoms with E-state index in [1.807, 2.05) is 6.07 Å². The van der Waals surface area contributed by atoms with Crippen LogP contribution in [0.15, 0.2) is 33.2 Å². The number of carbonyl (C=O) groups is 1. The quantitative estimate of drug-likeness (QED) is 0.656. The van der Waals surface area contributed by atoms with Gasteiger partial charge in [0.1, 0.15) is 8.55 Å². The molecule has 1 saturated carbocycles. The summed E-state index contributed by atoms with van der Waals surface area (Å²) < 4.78 is 33.7. The first kappa shape index (κ1) is 18.8. The molecule has 1 aliphatic rings. The van der Waals surface area contributed by atoms with Gasteiger partial charge in [0, 0.05) is 16.9 Å². The van der Waals surface area contributed by atoms with Crippen LogP contribution < -0.4 is 4.72 Å². The first-order valence-electron chi connectivity index (χ1n) is 7.32. The minimum absolute atomic E-state index is 0.0218. The van der Waals surface area contributed by atoms with E-state index in [0.29, 0.717) is 0 Å². The van der Waals surface area contributed by atoms with Crippen molar-refractivity contribution >= 4 is 54.9 Å². The zero-order valence-electron chi connectivity index (χ0n) is 13.0. The lowest BCUT2D eigenvalue weighted by Crippen LogP contribution is -2.29. The van der Waals surface area contributed by atoms with E-state index in [1.165, 1.54) is 13.2 Å². The van der Waals surface area contributed by atoms with Gasteiger partial charge in [0.15, 0.2) is 0 Å². The van der Waals surface area contributed by atoms with E-state index in [1.54, 1.807) is 12.4 Å². The van der Waals surface area contributed by atoms with Crippen molar-refractivity contribution in [3.8, 4) is 0 Å². The van der Waals surface area contributed by atoms with Gasteiger partial charge in [0.2, 0.25) is 0 Å². The molecule has 0 radical (unpaired) electrons. The van der Waals surface area contributed by atoms with Gasteiger partial charge < -0.3 is 4.74 Å². The molecule has 1 fully saturated rings. The Labute approximate surface area is 162 Å². The number of carbonyl (C=O) groups excluding carboxylic acids is 1. The summed E-state index contributed by atoms with van der Waals surface area (Å²) in [5.74, 6) is -0.445. The Kier molecular flexibility index (Phi) is 5.50. The van der Waals surface area contributed by atoms with Crippen LogP contribution >= 0.6 is 38.9 Å². The molecule has 134 valence electrons. The molecule has 0 amide bonds. The molecule has 1 N–H and O–H groups in total. The van der Waals surface area contributed by atoms with E-state index < -0.39 is 16.0 Å². The van der Waals surface area contributed by atoms with Crippen LogP contribution in [0.5, 0.6) is 0 Å². The summed E-state index contributed by atoms with van der Waals surface area (Å²) in [5, 5.41) is 0. The molecule has 1 unspecified atom stereocenters. The summed E-state index contributed by atoms with van der Waals surface area (Å²) >= 11 is 10.2. The van der Waals surface area contributed by atoms with Gasteiger partial charge in [-0.25, -0.2) is 17.9 Å². The first-order chi connectivity index (χ1) is 11.8. The van der Waals surface area contributed by atoms with Gasteiger partial charge in [-0.2, -0.15) is 0 Å². The minimum atomic E-state index is -3.84. The third-order valence-corrected chi connectivity index (χ3v) is 7.50. The molecule has 25 heavy (non-hydrogen) atoms. The molecule has 0 bridgehead atoms. The highest BCUT2D eigenvalue weighted by Gasteiger charge is 2.36. The van der Waals surface area contributed by atoms with Crippen molar-refractivity contribution in [3.05, 3.63) is 44.5 Å². The molecule has 2 aromatic rings. The summed E-state index contributed by atoms with van der Waals surface area (Å²) in [4.78, 5) is 15.8. The highest BCUT2D eigenvalue weighted by Crippen LogP contribution is 2.42. The molecule has 0 aliphatic heterocycles. The molecule has 10 heteroatoms. The van der Waals surface area contributed by atoms with E-state index in [-0.39, 0.29) is 26.1 Å². The summed E-state index contributed by atoms with van der Waals surface area (Å²) in [6.07, 6.45) is 5.18. The van der Waals surface area contributed by atoms with Crippen molar-refractivity contribution in [2.45, 2.75) is 23.1 Å². The number of hydrogen-bond donors (Lipinski definition) is 1. The van der Waals surface area contributed by atoms with Crippen molar-refractivity contribution < 1.29 is 17.9 Å². The van der Waals surface area contributed by atoms with Crippen LogP contribution in [0.25, 0.3) is 0 Å². The van der Waals surface area contributed by atoms with Crippen LogP contribution in [-0.4, -0.2) is 26.5 Å². The fraction of sp³-hybridized carbons (Fsp3) is 0.333. The summed E-state index contributed by atoms with van der Waals surface area (Å²) in [6, 6.07) is 2.71. The second-order valence-electron chi connectivity index (χ2n) is 5.62. The smallest absolute Gasteiger partial charge is 0.340 e. The van der Waals surface area contributed by atoms with E-state index in [4.69, 9.17) is 11.6 Å². The van der Waals surface area contributed by atoms with Gasteiger partial charge in [-0.1, -0.05) is 11.6 Å². The number of nitrogens with one attached hydrogen (secondary N) is 1. The van der Waals surface area contributed by atoms with E-state index in [0.717, 1.165) is 34.2 Å². The molecule has 2 heterocycles. The first-order valence-corrected chi connectivity index (χ1v) is 10.8. The molecule has 2 aromatic heterocycles. The SMILES string of the molecule is COC(=O)c1cc(S(=O)(=O)NC(c2cncc(Br)c2)C2CC2)sc1Cl. The van der Waals surface area contributed by atoms with Crippen LogP contribution in [0, 0.1) is 5.92 Å². The molecule has 0 aromatic carbocycles. The Morgan fingerprint density at radius 2 is 2.16 bits per heavy atom. The van der Waals surface area contributed by atoms with Gasteiger partial charge in [-0.3, -0.25) is 4.98 Å². The second-order valence-corrected chi connectivity index (χ2v) is 10.1. The number of thiophene rings is 1. The van der Waals surface area contributed by atoms with Crippen LogP contribution in [0.4, 0.5) is 0 Å². The number of sulfonamides is 1. The van der Waals surface area contributed by atoms with Crippen LogP contribution in [0.1, 0.15) is 34.8 Å². The average Bonchev–Trinajstić information content (AvgIpc) is 3.33. The zero-order valence-corrected chi connectivity index (χ0v) is 17.0. The number of hydrogen-bond acceptors (Lipinski definition) is 6. The predicted octanol–water partition coefficient (Wildman–Crippen LogP) is 3.78. The topological polar surface area (TPSA) is 85.4 Å². The van der Waals surface area contributed by atoms with Crippen LogP contribution in [0.3, 0.4) is 0 Å². The number of methoxy groups -OCH3 is 1. The van der Waals surface area contributed by atoms with Gasteiger partial charge in [0.25, 0.3) is 10.0 Å². The standard InChI is InChI=1S/C15H14BrClN2O4S2/c1-23-15(20)11-5-12(24-14(11)17)25(21,22)19-13(8-2-3-8)9-4-10(16)7-18-6-9/h4-8,13,19H,2-3H2,1H3. The molecular weight excluding hydrogens is 452 g/mol. The number of aromatic nitrogens is 1. The maximum absolute atomic E-state index is 12.8. The molecule has 1 aliphatic carbocycles. The second kappa shape index (κ2) is 7.32. The third-order valence-electron chi connectivity index (χ3n) is 3.79. The Morgan fingerprint density at radius 3 is 2.76 bits per heavy atom. The molecule has 3 rings (SSSR count). The maximum atomic E-state index is 12.8. The van der Waals surface area contributed by atoms with Crippen LogP contribution in [-0.2, 0) is 14.8 Å². The maximum Gasteiger partial charge on any atom is 0.340 e. The lowest BCUT2D eigenvalue weighted by atomic mass is 10.1. The predicted molar refractivity (Wildman–Crippen MR) is 98.4 cm³/mol. The van der Waals surface area contributed by atoms with E-state index in [2.05, 4.69) is 30.4 Å². The average molecular weight is 466 g/mol. The monoisotopic (exact) mass is 464 g/mol.